The monoisotopic (exact) mass is 326 g/mol. The van der Waals surface area contributed by atoms with Crippen LogP contribution in [0.25, 0.3) is 22.1 Å². The van der Waals surface area contributed by atoms with Gasteiger partial charge in [-0.3, -0.25) is 9.36 Å². The highest BCUT2D eigenvalue weighted by atomic mass is 35.5. The van der Waals surface area contributed by atoms with E-state index in [1.807, 2.05) is 12.1 Å². The first-order chi connectivity index (χ1) is 11.1. The standard InChI is InChI=1S/C17H11ClN2O3/c18-11-7-5-10(6-8-11)9-20-16(21)15-14(19-17(20)22)12-3-1-2-4-13(12)23-15/h1-8H,9H2,(H,19,22). The number of para-hydroxylation sites is 1. The minimum absolute atomic E-state index is 0.151. The second-order valence-corrected chi connectivity index (χ2v) is 5.69. The molecule has 0 aliphatic heterocycles. The maximum Gasteiger partial charge on any atom is 0.329 e. The van der Waals surface area contributed by atoms with Crippen LogP contribution in [0, 0.1) is 0 Å². The number of rotatable bonds is 2. The van der Waals surface area contributed by atoms with Crippen LogP contribution in [0.3, 0.4) is 0 Å². The average Bonchev–Trinajstić information content (AvgIpc) is 2.92. The summed E-state index contributed by atoms with van der Waals surface area (Å²) in [6.07, 6.45) is 0. The fraction of sp³-hybridized carbons (Fsp3) is 0.0588. The van der Waals surface area contributed by atoms with Crippen LogP contribution in [0.15, 0.2) is 62.5 Å². The van der Waals surface area contributed by atoms with E-state index in [-0.39, 0.29) is 12.1 Å². The van der Waals surface area contributed by atoms with E-state index >= 15 is 0 Å². The largest absolute Gasteiger partial charge is 0.449 e. The summed E-state index contributed by atoms with van der Waals surface area (Å²) in [5, 5.41) is 1.32. The van der Waals surface area contributed by atoms with Crippen molar-refractivity contribution in [3.63, 3.8) is 0 Å². The number of fused-ring (bicyclic) bond motifs is 3. The molecule has 0 radical (unpaired) electrons. The quantitative estimate of drug-likeness (QED) is 0.615. The minimum Gasteiger partial charge on any atom is -0.449 e. The molecule has 2 aromatic carbocycles. The molecule has 23 heavy (non-hydrogen) atoms. The van der Waals surface area contributed by atoms with E-state index < -0.39 is 11.2 Å². The van der Waals surface area contributed by atoms with Gasteiger partial charge in [0.05, 0.1) is 6.54 Å². The number of nitrogens with one attached hydrogen (secondary N) is 1. The molecule has 1 N–H and O–H groups in total. The molecule has 0 amide bonds. The molecule has 0 fully saturated rings. The predicted molar refractivity (Wildman–Crippen MR) is 89.2 cm³/mol. The molecular weight excluding hydrogens is 316 g/mol. The van der Waals surface area contributed by atoms with Crippen LogP contribution in [-0.4, -0.2) is 9.55 Å². The number of aromatic nitrogens is 2. The van der Waals surface area contributed by atoms with Gasteiger partial charge in [-0.25, -0.2) is 4.79 Å². The Labute approximate surface area is 134 Å². The molecule has 2 aromatic heterocycles. The maximum absolute atomic E-state index is 12.6. The first-order valence-electron chi connectivity index (χ1n) is 7.02. The molecule has 5 nitrogen and oxygen atoms in total. The highest BCUT2D eigenvalue weighted by Crippen LogP contribution is 2.23. The minimum atomic E-state index is -0.469. The lowest BCUT2D eigenvalue weighted by atomic mass is 10.2. The topological polar surface area (TPSA) is 68.0 Å². The summed E-state index contributed by atoms with van der Waals surface area (Å²) in [7, 11) is 0. The van der Waals surface area contributed by atoms with Crippen LogP contribution >= 0.6 is 11.6 Å². The Morgan fingerprint density at radius 3 is 2.57 bits per heavy atom. The molecule has 0 aliphatic carbocycles. The van der Waals surface area contributed by atoms with Crippen molar-refractivity contribution in [2.24, 2.45) is 0 Å². The zero-order valence-electron chi connectivity index (χ0n) is 11.9. The molecule has 0 unspecified atom stereocenters. The molecule has 0 aliphatic rings. The van der Waals surface area contributed by atoms with Crippen LogP contribution in [0.2, 0.25) is 5.02 Å². The van der Waals surface area contributed by atoms with E-state index in [2.05, 4.69) is 4.98 Å². The summed E-state index contributed by atoms with van der Waals surface area (Å²) in [5.41, 5.74) is 1.04. The summed E-state index contributed by atoms with van der Waals surface area (Å²) < 4.78 is 6.73. The first-order valence-corrected chi connectivity index (χ1v) is 7.40. The second kappa shape index (κ2) is 5.14. The molecule has 6 heteroatoms. The third-order valence-corrected chi connectivity index (χ3v) is 4.02. The Hall–Kier alpha value is -2.79. The lowest BCUT2D eigenvalue weighted by molar-refractivity contribution is 0.634. The fourth-order valence-electron chi connectivity index (χ4n) is 2.63. The van der Waals surface area contributed by atoms with E-state index in [0.717, 1.165) is 15.5 Å². The van der Waals surface area contributed by atoms with E-state index in [9.17, 15) is 9.59 Å². The summed E-state index contributed by atoms with van der Waals surface area (Å²) in [5.74, 6) is 0. The predicted octanol–water partition coefficient (Wildman–Crippen LogP) is 3.14. The van der Waals surface area contributed by atoms with Gasteiger partial charge in [-0.05, 0) is 29.8 Å². The molecule has 0 saturated heterocycles. The van der Waals surface area contributed by atoms with Gasteiger partial charge in [0.25, 0.3) is 5.56 Å². The lowest BCUT2D eigenvalue weighted by Crippen LogP contribution is -2.35. The second-order valence-electron chi connectivity index (χ2n) is 5.25. The summed E-state index contributed by atoms with van der Waals surface area (Å²) in [4.78, 5) is 27.7. The molecule has 4 rings (SSSR count). The van der Waals surface area contributed by atoms with E-state index in [0.29, 0.717) is 16.1 Å². The van der Waals surface area contributed by atoms with Crippen molar-refractivity contribution < 1.29 is 4.42 Å². The molecule has 0 atom stereocenters. The van der Waals surface area contributed by atoms with Crippen LogP contribution in [0.5, 0.6) is 0 Å². The van der Waals surface area contributed by atoms with Crippen LogP contribution in [-0.2, 0) is 6.54 Å². The SMILES string of the molecule is O=c1[nH]c2c(oc3ccccc32)c(=O)n1Cc1ccc(Cl)cc1. The number of hydrogen-bond donors (Lipinski definition) is 1. The van der Waals surface area contributed by atoms with E-state index in [1.165, 1.54) is 0 Å². The Bertz CT molecular complexity index is 1140. The van der Waals surface area contributed by atoms with Gasteiger partial charge in [-0.15, -0.1) is 0 Å². The molecule has 4 aromatic rings. The van der Waals surface area contributed by atoms with Crippen LogP contribution in [0.1, 0.15) is 5.56 Å². The average molecular weight is 327 g/mol. The van der Waals surface area contributed by atoms with Gasteiger partial charge in [0.1, 0.15) is 11.1 Å². The van der Waals surface area contributed by atoms with Crippen LogP contribution < -0.4 is 11.2 Å². The van der Waals surface area contributed by atoms with Crippen molar-refractivity contribution in [2.45, 2.75) is 6.54 Å². The van der Waals surface area contributed by atoms with Crippen molar-refractivity contribution in [1.29, 1.82) is 0 Å². The Kier molecular flexibility index (Phi) is 3.09. The van der Waals surface area contributed by atoms with E-state index in [4.69, 9.17) is 16.0 Å². The van der Waals surface area contributed by atoms with Gasteiger partial charge in [0, 0.05) is 10.4 Å². The normalized spacial score (nSPS) is 11.3. The number of halogens is 1. The number of hydrogen-bond acceptors (Lipinski definition) is 3. The van der Waals surface area contributed by atoms with Gasteiger partial charge in [-0.1, -0.05) is 35.9 Å². The van der Waals surface area contributed by atoms with Gasteiger partial charge < -0.3 is 9.40 Å². The van der Waals surface area contributed by atoms with E-state index in [1.54, 1.807) is 36.4 Å². The first kappa shape index (κ1) is 13.8. The van der Waals surface area contributed by atoms with Gasteiger partial charge >= 0.3 is 5.69 Å². The third kappa shape index (κ3) is 2.26. The molecule has 0 bridgehead atoms. The third-order valence-electron chi connectivity index (χ3n) is 3.77. The number of aromatic amines is 1. The molecule has 0 spiro atoms. The van der Waals surface area contributed by atoms with Gasteiger partial charge in [-0.2, -0.15) is 0 Å². The maximum atomic E-state index is 12.6. The highest BCUT2D eigenvalue weighted by Gasteiger charge is 2.14. The molecular formula is C17H11ClN2O3. The Morgan fingerprint density at radius 1 is 1.04 bits per heavy atom. The van der Waals surface area contributed by atoms with Gasteiger partial charge in [0.2, 0.25) is 5.58 Å². The van der Waals surface area contributed by atoms with Gasteiger partial charge in [0.15, 0.2) is 0 Å². The highest BCUT2D eigenvalue weighted by molar-refractivity contribution is 6.30. The van der Waals surface area contributed by atoms with Crippen molar-refractivity contribution >= 4 is 33.7 Å². The fourth-order valence-corrected chi connectivity index (χ4v) is 2.75. The Balaban J connectivity index is 1.94. The molecule has 114 valence electrons. The Morgan fingerprint density at radius 2 is 1.78 bits per heavy atom. The summed E-state index contributed by atoms with van der Waals surface area (Å²) in [6, 6.07) is 14.2. The number of benzene rings is 2. The number of furan rings is 1. The zero-order valence-corrected chi connectivity index (χ0v) is 12.6. The summed E-state index contributed by atoms with van der Waals surface area (Å²) >= 11 is 5.85. The molecule has 2 heterocycles. The summed E-state index contributed by atoms with van der Waals surface area (Å²) in [6.45, 7) is 0.151. The van der Waals surface area contributed by atoms with Crippen molar-refractivity contribution in [2.75, 3.05) is 0 Å². The number of nitrogens with zero attached hydrogens (tertiary/aromatic N) is 1. The van der Waals surface area contributed by atoms with Crippen molar-refractivity contribution in [1.82, 2.24) is 9.55 Å². The van der Waals surface area contributed by atoms with Crippen LogP contribution in [0.4, 0.5) is 0 Å². The molecule has 0 saturated carbocycles. The smallest absolute Gasteiger partial charge is 0.329 e. The van der Waals surface area contributed by atoms with Crippen molar-refractivity contribution in [3.8, 4) is 0 Å². The van der Waals surface area contributed by atoms with Crippen molar-refractivity contribution in [3.05, 3.63) is 80.0 Å². The lowest BCUT2D eigenvalue weighted by Gasteiger charge is -2.04. The zero-order chi connectivity index (χ0) is 16.0. The number of H-pyrrole nitrogens is 1.